The molecule has 3 amide bonds. The van der Waals surface area contributed by atoms with Crippen molar-refractivity contribution in [1.29, 1.82) is 0 Å². The minimum absolute atomic E-state index is 0.0351. The first-order valence-corrected chi connectivity index (χ1v) is 10.4. The number of methoxy groups -OCH3 is 1. The van der Waals surface area contributed by atoms with E-state index in [0.29, 0.717) is 31.0 Å². The highest BCUT2D eigenvalue weighted by atomic mass is 16.5. The second-order valence-electron chi connectivity index (χ2n) is 7.79. The van der Waals surface area contributed by atoms with Crippen LogP contribution in [0.15, 0.2) is 42.5 Å². The summed E-state index contributed by atoms with van der Waals surface area (Å²) in [4.78, 5) is 40.0. The minimum Gasteiger partial charge on any atom is -0.497 e. The Hall–Kier alpha value is -3.59. The molecule has 1 fully saturated rings. The van der Waals surface area contributed by atoms with E-state index < -0.39 is 11.9 Å². The predicted octanol–water partition coefficient (Wildman–Crippen LogP) is 1.58. The van der Waals surface area contributed by atoms with E-state index in [1.165, 1.54) is 6.92 Å². The number of nitrogens with two attached hydrogens (primary N) is 1. The van der Waals surface area contributed by atoms with E-state index in [1.54, 1.807) is 24.1 Å². The molecule has 9 heteroatoms. The topological polar surface area (TPSA) is 117 Å². The van der Waals surface area contributed by atoms with Crippen molar-refractivity contribution in [2.24, 2.45) is 5.73 Å². The molecule has 4 N–H and O–H groups in total. The third kappa shape index (κ3) is 5.76. The van der Waals surface area contributed by atoms with Gasteiger partial charge in [0.05, 0.1) is 13.7 Å². The molecule has 1 aliphatic rings. The maximum absolute atomic E-state index is 12.7. The molecule has 170 valence electrons. The lowest BCUT2D eigenvalue weighted by Gasteiger charge is -2.40. The van der Waals surface area contributed by atoms with E-state index >= 15 is 0 Å². The Labute approximate surface area is 187 Å². The first-order chi connectivity index (χ1) is 15.3. The molecule has 0 spiro atoms. The van der Waals surface area contributed by atoms with E-state index in [0.717, 1.165) is 17.0 Å². The number of nitrogens with one attached hydrogen (secondary N) is 2. The summed E-state index contributed by atoms with van der Waals surface area (Å²) >= 11 is 0. The summed E-state index contributed by atoms with van der Waals surface area (Å²) in [6.07, 6.45) is 0. The second kappa shape index (κ2) is 10.1. The number of carbonyl (C=O) groups is 3. The number of nitrogens with zero attached hydrogens (tertiary/aromatic N) is 2. The maximum Gasteiger partial charge on any atom is 0.238 e. The van der Waals surface area contributed by atoms with Gasteiger partial charge < -0.3 is 26.0 Å². The Morgan fingerprint density at radius 3 is 2.44 bits per heavy atom. The molecule has 0 radical (unpaired) electrons. The van der Waals surface area contributed by atoms with Gasteiger partial charge in [0, 0.05) is 43.6 Å². The normalized spacial score (nSPS) is 16.3. The summed E-state index contributed by atoms with van der Waals surface area (Å²) in [5.74, 6) is -0.157. The van der Waals surface area contributed by atoms with Crippen LogP contribution >= 0.6 is 0 Å². The summed E-state index contributed by atoms with van der Waals surface area (Å²) in [7, 11) is 1.61. The Morgan fingerprint density at radius 2 is 1.81 bits per heavy atom. The van der Waals surface area contributed by atoms with Crippen LogP contribution in [-0.4, -0.2) is 62.0 Å². The van der Waals surface area contributed by atoms with Gasteiger partial charge >= 0.3 is 0 Å². The molecule has 0 saturated carbocycles. The number of ether oxygens (including phenoxy) is 1. The van der Waals surface area contributed by atoms with Crippen molar-refractivity contribution in [3.05, 3.63) is 48.0 Å². The van der Waals surface area contributed by atoms with Crippen LogP contribution in [0.2, 0.25) is 0 Å². The smallest absolute Gasteiger partial charge is 0.238 e. The van der Waals surface area contributed by atoms with Gasteiger partial charge in [0.2, 0.25) is 17.7 Å². The molecule has 1 atom stereocenters. The van der Waals surface area contributed by atoms with Crippen LogP contribution in [0.3, 0.4) is 0 Å². The summed E-state index contributed by atoms with van der Waals surface area (Å²) in [5.41, 5.74) is 8.71. The van der Waals surface area contributed by atoms with Crippen molar-refractivity contribution in [2.45, 2.75) is 19.9 Å². The number of anilines is 3. The van der Waals surface area contributed by atoms with Crippen molar-refractivity contribution in [2.75, 3.05) is 48.8 Å². The second-order valence-corrected chi connectivity index (χ2v) is 7.79. The van der Waals surface area contributed by atoms with Crippen molar-refractivity contribution >= 4 is 34.8 Å². The number of amides is 3. The third-order valence-corrected chi connectivity index (χ3v) is 5.44. The zero-order valence-corrected chi connectivity index (χ0v) is 18.6. The molecule has 2 aromatic carbocycles. The molecular formula is C23H29N5O4. The quantitative estimate of drug-likeness (QED) is 0.603. The average molecular weight is 440 g/mol. The Balaban J connectivity index is 1.64. The van der Waals surface area contributed by atoms with Gasteiger partial charge in [-0.15, -0.1) is 0 Å². The molecule has 9 nitrogen and oxygen atoms in total. The van der Waals surface area contributed by atoms with Gasteiger partial charge in [-0.05, 0) is 48.9 Å². The maximum atomic E-state index is 12.7. The van der Waals surface area contributed by atoms with Crippen LogP contribution in [0.1, 0.15) is 12.5 Å². The van der Waals surface area contributed by atoms with Gasteiger partial charge in [0.25, 0.3) is 0 Å². The van der Waals surface area contributed by atoms with Crippen molar-refractivity contribution < 1.29 is 19.1 Å². The van der Waals surface area contributed by atoms with Crippen molar-refractivity contribution in [3.63, 3.8) is 0 Å². The van der Waals surface area contributed by atoms with E-state index in [9.17, 15) is 14.4 Å². The molecule has 3 rings (SSSR count). The van der Waals surface area contributed by atoms with Gasteiger partial charge in [-0.25, -0.2) is 0 Å². The zero-order chi connectivity index (χ0) is 23.3. The molecule has 0 unspecified atom stereocenters. The van der Waals surface area contributed by atoms with Crippen LogP contribution in [0.25, 0.3) is 0 Å². The highest BCUT2D eigenvalue weighted by Crippen LogP contribution is 2.23. The van der Waals surface area contributed by atoms with Gasteiger partial charge in [0.1, 0.15) is 11.8 Å². The van der Waals surface area contributed by atoms with Crippen LogP contribution in [0.5, 0.6) is 5.75 Å². The highest BCUT2D eigenvalue weighted by Gasteiger charge is 2.32. The SMILES string of the molecule is COc1ccc(N2CCN(CC(=O)Nc3ccc(C)c(NC(C)=O)c3)[C@H](C(N)=O)C2)cc1. The molecule has 0 aromatic heterocycles. The van der Waals surface area contributed by atoms with E-state index in [1.807, 2.05) is 37.3 Å². The summed E-state index contributed by atoms with van der Waals surface area (Å²) in [6, 6.07) is 12.3. The molecule has 32 heavy (non-hydrogen) atoms. The summed E-state index contributed by atoms with van der Waals surface area (Å²) in [6.45, 7) is 4.90. The predicted molar refractivity (Wildman–Crippen MR) is 124 cm³/mol. The number of carbonyl (C=O) groups excluding carboxylic acids is 3. The van der Waals surface area contributed by atoms with Gasteiger partial charge in [0.15, 0.2) is 0 Å². The summed E-state index contributed by atoms with van der Waals surface area (Å²) in [5, 5.41) is 5.58. The van der Waals surface area contributed by atoms with Gasteiger partial charge in [-0.3, -0.25) is 19.3 Å². The number of primary amides is 1. The van der Waals surface area contributed by atoms with Gasteiger partial charge in [-0.2, -0.15) is 0 Å². The number of hydrogen-bond acceptors (Lipinski definition) is 6. The fourth-order valence-corrected chi connectivity index (χ4v) is 3.72. The average Bonchev–Trinajstić information content (AvgIpc) is 2.76. The molecule has 1 saturated heterocycles. The monoisotopic (exact) mass is 439 g/mol. The first-order valence-electron chi connectivity index (χ1n) is 10.4. The minimum atomic E-state index is -0.593. The van der Waals surface area contributed by atoms with Crippen LogP contribution in [0.4, 0.5) is 17.1 Å². The molecule has 1 aliphatic heterocycles. The number of aryl methyl sites for hydroxylation is 1. The lowest BCUT2D eigenvalue weighted by molar-refractivity contribution is -0.125. The van der Waals surface area contributed by atoms with Crippen LogP contribution in [-0.2, 0) is 14.4 Å². The summed E-state index contributed by atoms with van der Waals surface area (Å²) < 4.78 is 5.19. The number of hydrogen-bond donors (Lipinski definition) is 3. The lowest BCUT2D eigenvalue weighted by Crippen LogP contribution is -2.59. The molecule has 2 aromatic rings. The highest BCUT2D eigenvalue weighted by molar-refractivity contribution is 5.95. The van der Waals surface area contributed by atoms with Crippen LogP contribution in [0, 0.1) is 6.92 Å². The fraction of sp³-hybridized carbons (Fsp3) is 0.348. The number of piperazine rings is 1. The van der Waals surface area contributed by atoms with Crippen LogP contribution < -0.4 is 26.0 Å². The van der Waals surface area contributed by atoms with E-state index in [2.05, 4.69) is 15.5 Å². The molecule has 1 heterocycles. The van der Waals surface area contributed by atoms with Crippen molar-refractivity contribution in [1.82, 2.24) is 4.90 Å². The Bertz CT molecular complexity index is 992. The lowest BCUT2D eigenvalue weighted by atomic mass is 10.1. The standard InChI is InChI=1S/C23H29N5O4/c1-15-4-5-17(12-20(15)25-16(2)29)26-22(30)14-28-11-10-27(13-21(28)23(24)31)18-6-8-19(32-3)9-7-18/h4-9,12,21H,10-11,13-14H2,1-3H3,(H2,24,31)(H,25,29)(H,26,30)/t21-/m0/s1. The number of rotatable bonds is 7. The third-order valence-electron chi connectivity index (χ3n) is 5.44. The van der Waals surface area contributed by atoms with E-state index in [-0.39, 0.29) is 18.4 Å². The molecular weight excluding hydrogens is 410 g/mol. The number of benzene rings is 2. The first kappa shape index (κ1) is 23.1. The Morgan fingerprint density at radius 1 is 1.09 bits per heavy atom. The van der Waals surface area contributed by atoms with Gasteiger partial charge in [-0.1, -0.05) is 6.07 Å². The Kier molecular flexibility index (Phi) is 7.32. The molecule has 0 aliphatic carbocycles. The zero-order valence-electron chi connectivity index (χ0n) is 18.6. The van der Waals surface area contributed by atoms with Crippen molar-refractivity contribution in [3.8, 4) is 5.75 Å². The van der Waals surface area contributed by atoms with E-state index in [4.69, 9.17) is 10.5 Å². The largest absolute Gasteiger partial charge is 0.497 e. The fourth-order valence-electron chi connectivity index (χ4n) is 3.72. The molecule has 0 bridgehead atoms.